The second-order valence-corrected chi connectivity index (χ2v) is 4.77. The molecule has 0 saturated heterocycles. The van der Waals surface area contributed by atoms with E-state index in [-0.39, 0.29) is 6.04 Å². The maximum atomic E-state index is 5.48. The van der Waals surface area contributed by atoms with Gasteiger partial charge in [0.05, 0.1) is 31.9 Å². The molecular formula is C15H23N3O2. The molecule has 0 aromatic carbocycles. The van der Waals surface area contributed by atoms with Crippen LogP contribution in [-0.4, -0.2) is 23.4 Å². The van der Waals surface area contributed by atoms with Gasteiger partial charge in [0.2, 0.25) is 0 Å². The highest BCUT2D eigenvalue weighted by Crippen LogP contribution is 2.30. The molecule has 1 unspecified atom stereocenters. The minimum atomic E-state index is 0.0395. The average molecular weight is 277 g/mol. The van der Waals surface area contributed by atoms with E-state index in [2.05, 4.69) is 24.3 Å². The van der Waals surface area contributed by atoms with E-state index >= 15 is 0 Å². The van der Waals surface area contributed by atoms with Crippen LogP contribution in [0.4, 0.5) is 0 Å². The summed E-state index contributed by atoms with van der Waals surface area (Å²) in [6, 6.07) is 2.02. The normalized spacial score (nSPS) is 12.6. The van der Waals surface area contributed by atoms with E-state index in [0.717, 1.165) is 42.9 Å². The second-order valence-electron chi connectivity index (χ2n) is 4.77. The third-order valence-corrected chi connectivity index (χ3v) is 3.25. The van der Waals surface area contributed by atoms with Crippen LogP contribution in [0.3, 0.4) is 0 Å². The molecule has 0 radical (unpaired) electrons. The van der Waals surface area contributed by atoms with Crippen molar-refractivity contribution in [1.82, 2.24) is 15.1 Å². The van der Waals surface area contributed by atoms with E-state index < -0.39 is 0 Å². The molecule has 110 valence electrons. The van der Waals surface area contributed by atoms with Crippen LogP contribution >= 0.6 is 0 Å². The fourth-order valence-electron chi connectivity index (χ4n) is 2.32. The number of nitrogens with one attached hydrogen (secondary N) is 1. The highest BCUT2D eigenvalue weighted by Gasteiger charge is 2.23. The molecule has 0 amide bonds. The van der Waals surface area contributed by atoms with E-state index in [4.69, 9.17) is 9.15 Å². The quantitative estimate of drug-likeness (QED) is 0.806. The average Bonchev–Trinajstić information content (AvgIpc) is 3.10. The van der Waals surface area contributed by atoms with Gasteiger partial charge in [-0.25, -0.2) is 0 Å². The maximum Gasteiger partial charge on any atom is 0.161 e. The van der Waals surface area contributed by atoms with Crippen LogP contribution in [-0.2, 0) is 6.54 Å². The Labute approximate surface area is 119 Å². The first-order chi connectivity index (χ1) is 9.81. The third-order valence-electron chi connectivity index (χ3n) is 3.25. The van der Waals surface area contributed by atoms with Gasteiger partial charge in [-0.1, -0.05) is 13.8 Å². The van der Waals surface area contributed by atoms with Crippen LogP contribution in [0.2, 0.25) is 0 Å². The molecule has 5 nitrogen and oxygen atoms in total. The van der Waals surface area contributed by atoms with Crippen molar-refractivity contribution in [2.24, 2.45) is 0 Å². The number of nitrogens with zero attached hydrogens (tertiary/aromatic N) is 2. The van der Waals surface area contributed by atoms with Crippen molar-refractivity contribution >= 4 is 0 Å². The first kappa shape index (κ1) is 14.7. The van der Waals surface area contributed by atoms with Crippen molar-refractivity contribution in [3.63, 3.8) is 0 Å². The van der Waals surface area contributed by atoms with Gasteiger partial charge in [-0.2, -0.15) is 5.10 Å². The van der Waals surface area contributed by atoms with E-state index in [9.17, 15) is 0 Å². The summed E-state index contributed by atoms with van der Waals surface area (Å²) in [5, 5.41) is 7.98. The standard InChI is InChI=1S/C15H23N3O2/c1-4-7-16-14(12-6-9-20-11-12)15-13(19-3)10-17-18(15)8-5-2/h6,9-11,14,16H,4-5,7-8H2,1-3H3. The van der Waals surface area contributed by atoms with Gasteiger partial charge >= 0.3 is 0 Å². The van der Waals surface area contributed by atoms with Crippen LogP contribution in [0, 0.1) is 0 Å². The zero-order valence-electron chi connectivity index (χ0n) is 12.4. The Bertz CT molecular complexity index is 505. The molecule has 5 heteroatoms. The predicted molar refractivity (Wildman–Crippen MR) is 77.9 cm³/mol. The summed E-state index contributed by atoms with van der Waals surface area (Å²) in [5.41, 5.74) is 2.15. The lowest BCUT2D eigenvalue weighted by Gasteiger charge is -2.20. The largest absolute Gasteiger partial charge is 0.493 e. The van der Waals surface area contributed by atoms with E-state index in [0.29, 0.717) is 0 Å². The smallest absolute Gasteiger partial charge is 0.161 e. The zero-order chi connectivity index (χ0) is 14.4. The Morgan fingerprint density at radius 1 is 1.40 bits per heavy atom. The summed E-state index contributed by atoms with van der Waals surface area (Å²) >= 11 is 0. The van der Waals surface area contributed by atoms with Gasteiger partial charge in [0.15, 0.2) is 5.75 Å². The molecule has 0 aliphatic heterocycles. The Balaban J connectivity index is 2.38. The van der Waals surface area contributed by atoms with Crippen molar-refractivity contribution in [3.8, 4) is 5.75 Å². The molecule has 2 aromatic rings. The number of aromatic nitrogens is 2. The SMILES string of the molecule is CCCNC(c1ccoc1)c1c(OC)cnn1CCC. The molecule has 20 heavy (non-hydrogen) atoms. The van der Waals surface area contributed by atoms with Crippen LogP contribution in [0.25, 0.3) is 0 Å². The van der Waals surface area contributed by atoms with Gasteiger partial charge in [0, 0.05) is 12.1 Å². The van der Waals surface area contributed by atoms with Crippen molar-refractivity contribution in [1.29, 1.82) is 0 Å². The van der Waals surface area contributed by atoms with Gasteiger partial charge in [-0.05, 0) is 25.5 Å². The maximum absolute atomic E-state index is 5.48. The Morgan fingerprint density at radius 2 is 2.25 bits per heavy atom. The van der Waals surface area contributed by atoms with Gasteiger partial charge in [-0.3, -0.25) is 4.68 Å². The summed E-state index contributed by atoms with van der Waals surface area (Å²) in [7, 11) is 1.68. The number of rotatable bonds is 8. The number of hydrogen-bond donors (Lipinski definition) is 1. The summed E-state index contributed by atoms with van der Waals surface area (Å²) in [6.45, 7) is 6.10. The first-order valence-electron chi connectivity index (χ1n) is 7.16. The Morgan fingerprint density at radius 3 is 2.85 bits per heavy atom. The van der Waals surface area contributed by atoms with Gasteiger partial charge in [0.1, 0.15) is 5.69 Å². The van der Waals surface area contributed by atoms with Gasteiger partial charge in [-0.15, -0.1) is 0 Å². The number of furan rings is 1. The summed E-state index contributed by atoms with van der Waals surface area (Å²) in [6.07, 6.45) is 7.35. The molecule has 1 N–H and O–H groups in total. The molecule has 2 aromatic heterocycles. The summed E-state index contributed by atoms with van der Waals surface area (Å²) < 4.78 is 12.7. The second kappa shape index (κ2) is 7.14. The van der Waals surface area contributed by atoms with Crippen LogP contribution in [0.15, 0.2) is 29.2 Å². The molecule has 2 heterocycles. The monoisotopic (exact) mass is 277 g/mol. The highest BCUT2D eigenvalue weighted by atomic mass is 16.5. The molecule has 0 bridgehead atoms. The van der Waals surface area contributed by atoms with Gasteiger partial charge < -0.3 is 14.5 Å². The minimum Gasteiger partial charge on any atom is -0.493 e. The lowest BCUT2D eigenvalue weighted by Crippen LogP contribution is -2.26. The molecule has 0 saturated carbocycles. The van der Waals surface area contributed by atoms with E-state index in [1.54, 1.807) is 25.8 Å². The van der Waals surface area contributed by atoms with Crippen molar-refractivity contribution in [2.75, 3.05) is 13.7 Å². The summed E-state index contributed by atoms with van der Waals surface area (Å²) in [4.78, 5) is 0. The molecular weight excluding hydrogens is 254 g/mol. The molecule has 2 rings (SSSR count). The number of hydrogen-bond acceptors (Lipinski definition) is 4. The Hall–Kier alpha value is -1.75. The minimum absolute atomic E-state index is 0.0395. The van der Waals surface area contributed by atoms with Crippen molar-refractivity contribution in [2.45, 2.75) is 39.3 Å². The molecule has 1 atom stereocenters. The molecule has 0 spiro atoms. The number of ether oxygens (including phenoxy) is 1. The fraction of sp³-hybridized carbons (Fsp3) is 0.533. The lowest BCUT2D eigenvalue weighted by atomic mass is 10.1. The van der Waals surface area contributed by atoms with E-state index in [1.807, 2.05) is 10.7 Å². The lowest BCUT2D eigenvalue weighted by molar-refractivity contribution is 0.397. The molecule has 0 fully saturated rings. The molecule has 0 aliphatic carbocycles. The third kappa shape index (κ3) is 3.04. The first-order valence-corrected chi connectivity index (χ1v) is 7.16. The zero-order valence-corrected chi connectivity index (χ0v) is 12.4. The van der Waals surface area contributed by atoms with Crippen LogP contribution in [0.5, 0.6) is 5.75 Å². The topological polar surface area (TPSA) is 52.2 Å². The predicted octanol–water partition coefficient (Wildman–Crippen LogP) is 2.98. The number of methoxy groups -OCH3 is 1. The van der Waals surface area contributed by atoms with Crippen LogP contribution < -0.4 is 10.1 Å². The fourth-order valence-corrected chi connectivity index (χ4v) is 2.32. The van der Waals surface area contributed by atoms with E-state index in [1.165, 1.54) is 0 Å². The Kier molecular flexibility index (Phi) is 5.24. The highest BCUT2D eigenvalue weighted by molar-refractivity contribution is 5.35. The number of aryl methyl sites for hydroxylation is 1. The summed E-state index contributed by atoms with van der Waals surface area (Å²) in [5.74, 6) is 0.813. The van der Waals surface area contributed by atoms with Crippen molar-refractivity contribution in [3.05, 3.63) is 36.0 Å². The molecule has 0 aliphatic rings. The van der Waals surface area contributed by atoms with Crippen molar-refractivity contribution < 1.29 is 9.15 Å². The van der Waals surface area contributed by atoms with Crippen LogP contribution in [0.1, 0.15) is 44.0 Å². The van der Waals surface area contributed by atoms with Gasteiger partial charge in [0.25, 0.3) is 0 Å².